The van der Waals surface area contributed by atoms with E-state index in [1.807, 2.05) is 0 Å². The number of benzene rings is 2. The number of rotatable bonds is 3. The van der Waals surface area contributed by atoms with Crippen molar-refractivity contribution in [2.24, 2.45) is 0 Å². The Morgan fingerprint density at radius 2 is 1.86 bits per heavy atom. The van der Waals surface area contributed by atoms with Gasteiger partial charge in [0.05, 0.1) is 28.9 Å². The fourth-order valence-corrected chi connectivity index (χ4v) is 3.22. The van der Waals surface area contributed by atoms with Crippen LogP contribution < -0.4 is 10.2 Å². The van der Waals surface area contributed by atoms with Crippen molar-refractivity contribution in [1.29, 1.82) is 0 Å². The molecule has 0 atom stereocenters. The fraction of sp³-hybridized carbons (Fsp3) is 0.0952. The topological polar surface area (TPSA) is 62.3 Å². The van der Waals surface area contributed by atoms with Crippen LogP contribution in [0.25, 0.3) is 0 Å². The van der Waals surface area contributed by atoms with Crippen LogP contribution in [-0.2, 0) is 12.7 Å². The minimum absolute atomic E-state index is 0.117. The van der Waals surface area contributed by atoms with Crippen LogP contribution in [-0.4, -0.2) is 16.8 Å². The molecule has 0 fully saturated rings. The second kappa shape index (κ2) is 7.05. The van der Waals surface area contributed by atoms with Gasteiger partial charge in [-0.1, -0.05) is 18.2 Å². The molecule has 0 saturated heterocycles. The second-order valence-corrected chi connectivity index (χ2v) is 6.47. The van der Waals surface area contributed by atoms with Crippen LogP contribution in [0.3, 0.4) is 0 Å². The number of hydrogen-bond acceptors (Lipinski definition) is 3. The number of pyridine rings is 1. The van der Waals surface area contributed by atoms with Gasteiger partial charge in [-0.05, 0) is 42.0 Å². The van der Waals surface area contributed by atoms with Gasteiger partial charge in [0, 0.05) is 18.1 Å². The fourth-order valence-electron chi connectivity index (χ4n) is 3.22. The van der Waals surface area contributed by atoms with Crippen molar-refractivity contribution in [3.05, 3.63) is 89.2 Å². The normalized spacial score (nSPS) is 13.3. The van der Waals surface area contributed by atoms with E-state index < -0.39 is 23.6 Å². The Kier molecular flexibility index (Phi) is 4.54. The van der Waals surface area contributed by atoms with Gasteiger partial charge in [-0.25, -0.2) is 0 Å². The lowest BCUT2D eigenvalue weighted by molar-refractivity contribution is -0.137. The monoisotopic (exact) mass is 397 g/mol. The summed E-state index contributed by atoms with van der Waals surface area (Å²) in [5.74, 6) is -0.904. The summed E-state index contributed by atoms with van der Waals surface area (Å²) in [6.07, 6.45) is -1.57. The first kappa shape index (κ1) is 18.7. The molecular weight excluding hydrogens is 383 g/mol. The van der Waals surface area contributed by atoms with Gasteiger partial charge in [0.25, 0.3) is 11.8 Å². The van der Waals surface area contributed by atoms with E-state index in [0.29, 0.717) is 16.8 Å². The molecule has 0 aliphatic carbocycles. The van der Waals surface area contributed by atoms with Crippen LogP contribution in [0.4, 0.5) is 24.5 Å². The number of alkyl halides is 3. The zero-order valence-electron chi connectivity index (χ0n) is 14.9. The third kappa shape index (κ3) is 3.56. The largest absolute Gasteiger partial charge is 0.416 e. The smallest absolute Gasteiger partial charge is 0.321 e. The van der Waals surface area contributed by atoms with Gasteiger partial charge < -0.3 is 10.2 Å². The van der Waals surface area contributed by atoms with Crippen molar-refractivity contribution in [2.75, 3.05) is 10.2 Å². The minimum Gasteiger partial charge on any atom is -0.321 e. The maximum absolute atomic E-state index is 13.0. The number of amides is 2. The molecule has 0 saturated carbocycles. The van der Waals surface area contributed by atoms with Gasteiger partial charge in [-0.15, -0.1) is 0 Å². The van der Waals surface area contributed by atoms with Crippen molar-refractivity contribution in [1.82, 2.24) is 4.98 Å². The Morgan fingerprint density at radius 3 is 2.59 bits per heavy atom. The third-order valence-electron chi connectivity index (χ3n) is 4.60. The summed E-state index contributed by atoms with van der Waals surface area (Å²) in [5, 5.41) is 2.69. The molecule has 2 aromatic carbocycles. The van der Waals surface area contributed by atoms with Gasteiger partial charge >= 0.3 is 6.18 Å². The predicted molar refractivity (Wildman–Crippen MR) is 101 cm³/mol. The molecule has 1 N–H and O–H groups in total. The number of anilines is 2. The molecule has 4 rings (SSSR count). The number of nitrogens with zero attached hydrogens (tertiary/aromatic N) is 2. The van der Waals surface area contributed by atoms with Crippen LogP contribution in [0.1, 0.15) is 31.8 Å². The van der Waals surface area contributed by atoms with Gasteiger partial charge in [0.1, 0.15) is 0 Å². The van der Waals surface area contributed by atoms with Crippen LogP contribution in [0, 0.1) is 0 Å². The van der Waals surface area contributed by atoms with Gasteiger partial charge in [-0.2, -0.15) is 13.2 Å². The summed E-state index contributed by atoms with van der Waals surface area (Å²) < 4.78 is 39.1. The lowest BCUT2D eigenvalue weighted by Gasteiger charge is -2.17. The second-order valence-electron chi connectivity index (χ2n) is 6.47. The zero-order chi connectivity index (χ0) is 20.6. The summed E-state index contributed by atoms with van der Waals surface area (Å²) in [7, 11) is 0. The molecule has 1 aliphatic rings. The molecule has 2 amide bonds. The quantitative estimate of drug-likeness (QED) is 0.707. The molecule has 5 nitrogen and oxygen atoms in total. The molecule has 1 aliphatic heterocycles. The van der Waals surface area contributed by atoms with Crippen molar-refractivity contribution in [3.8, 4) is 0 Å². The van der Waals surface area contributed by atoms with Crippen molar-refractivity contribution in [2.45, 2.75) is 12.7 Å². The van der Waals surface area contributed by atoms with E-state index in [1.54, 1.807) is 30.3 Å². The van der Waals surface area contributed by atoms with Gasteiger partial charge in [-0.3, -0.25) is 14.6 Å². The molecular formula is C21H14F3N3O2. The predicted octanol–water partition coefficient (Wildman–Crippen LogP) is 4.51. The van der Waals surface area contributed by atoms with Crippen molar-refractivity contribution < 1.29 is 22.8 Å². The number of carbonyl (C=O) groups excluding carboxylic acids is 2. The van der Waals surface area contributed by atoms with Crippen molar-refractivity contribution in [3.63, 3.8) is 0 Å². The maximum Gasteiger partial charge on any atom is 0.416 e. The third-order valence-corrected chi connectivity index (χ3v) is 4.60. The highest BCUT2D eigenvalue weighted by Gasteiger charge is 2.34. The first-order chi connectivity index (χ1) is 13.8. The van der Waals surface area contributed by atoms with Gasteiger partial charge in [0.15, 0.2) is 0 Å². The van der Waals surface area contributed by atoms with E-state index >= 15 is 0 Å². The van der Waals surface area contributed by atoms with E-state index in [0.717, 1.165) is 12.1 Å². The van der Waals surface area contributed by atoms with E-state index in [-0.39, 0.29) is 17.8 Å². The van der Waals surface area contributed by atoms with Crippen molar-refractivity contribution >= 4 is 23.2 Å². The average Bonchev–Trinajstić information content (AvgIpc) is 3.06. The molecule has 0 bridgehead atoms. The first-order valence-electron chi connectivity index (χ1n) is 8.67. The average molecular weight is 397 g/mol. The summed E-state index contributed by atoms with van der Waals surface area (Å²) >= 11 is 0. The maximum atomic E-state index is 13.0. The number of hydrogen-bond donors (Lipinski definition) is 1. The first-order valence-corrected chi connectivity index (χ1v) is 8.67. The molecule has 0 unspecified atom stereocenters. The number of fused-ring (bicyclic) bond motifs is 1. The van der Waals surface area contributed by atoms with E-state index in [1.165, 1.54) is 29.4 Å². The van der Waals surface area contributed by atoms with Gasteiger partial charge in [0.2, 0.25) is 0 Å². The van der Waals surface area contributed by atoms with Crippen LogP contribution in [0.2, 0.25) is 0 Å². The standard InChI is InChI=1S/C21H14F3N3O2/c22-21(23,24)15-6-2-7-16(10-15)27-12-14-4-1-8-17(18(14)20(27)29)26-19(28)13-5-3-9-25-11-13/h1-11H,12H2,(H,26,28). The molecule has 3 aromatic rings. The van der Waals surface area contributed by atoms with Crippen LogP contribution >= 0.6 is 0 Å². The van der Waals surface area contributed by atoms with E-state index in [2.05, 4.69) is 10.3 Å². The summed E-state index contributed by atoms with van der Waals surface area (Å²) in [6.45, 7) is 0.117. The minimum atomic E-state index is -4.51. The Labute approximate surface area is 163 Å². The Bertz CT molecular complexity index is 1100. The van der Waals surface area contributed by atoms with E-state index in [4.69, 9.17) is 0 Å². The number of nitrogens with one attached hydrogen (secondary N) is 1. The number of carbonyl (C=O) groups is 2. The molecule has 146 valence electrons. The zero-order valence-corrected chi connectivity index (χ0v) is 14.9. The molecule has 29 heavy (non-hydrogen) atoms. The molecule has 1 aromatic heterocycles. The highest BCUT2D eigenvalue weighted by Crippen LogP contribution is 2.36. The highest BCUT2D eigenvalue weighted by molar-refractivity contribution is 6.16. The molecule has 0 radical (unpaired) electrons. The summed E-state index contributed by atoms with van der Waals surface area (Å²) in [6, 6.07) is 12.8. The van der Waals surface area contributed by atoms with Crippen LogP contribution in [0.5, 0.6) is 0 Å². The highest BCUT2D eigenvalue weighted by atomic mass is 19.4. The summed E-state index contributed by atoms with van der Waals surface area (Å²) in [5.41, 5.74) is 0.828. The molecule has 0 spiro atoms. The Balaban J connectivity index is 1.65. The lowest BCUT2D eigenvalue weighted by Crippen LogP contribution is -2.24. The van der Waals surface area contributed by atoms with E-state index in [9.17, 15) is 22.8 Å². The summed E-state index contributed by atoms with van der Waals surface area (Å²) in [4.78, 5) is 30.6. The lowest BCUT2D eigenvalue weighted by atomic mass is 10.1. The van der Waals surface area contributed by atoms with Crippen LogP contribution in [0.15, 0.2) is 67.0 Å². The number of aromatic nitrogens is 1. The molecule has 2 heterocycles. The Hall–Kier alpha value is -3.68. The number of halogens is 3. The SMILES string of the molecule is O=C(Nc1cccc2c1C(=O)N(c1cccc(C(F)(F)F)c1)C2)c1cccnc1. The Morgan fingerprint density at radius 1 is 1.07 bits per heavy atom. The molecule has 8 heteroatoms.